The largest absolute Gasteiger partial charge is 0.479 e. The predicted octanol–water partition coefficient (Wildman–Crippen LogP) is 5.71. The van der Waals surface area contributed by atoms with Gasteiger partial charge in [-0.05, 0) is 56.8 Å². The topological polar surface area (TPSA) is 98.0 Å². The summed E-state index contributed by atoms with van der Waals surface area (Å²) in [5.41, 5.74) is 1.34. The van der Waals surface area contributed by atoms with E-state index < -0.39 is 24.3 Å². The minimum atomic E-state index is -1.94. The average Bonchev–Trinajstić information content (AvgIpc) is 2.69. The van der Waals surface area contributed by atoms with Crippen molar-refractivity contribution in [3.05, 3.63) is 11.6 Å². The van der Waals surface area contributed by atoms with Gasteiger partial charge in [0.25, 0.3) is 0 Å². The Morgan fingerprint density at radius 1 is 0.774 bits per heavy atom. The van der Waals surface area contributed by atoms with Crippen LogP contribution in [-0.2, 0) is 4.79 Å². The van der Waals surface area contributed by atoms with Crippen LogP contribution in [0.5, 0.6) is 0 Å². The van der Waals surface area contributed by atoms with Crippen LogP contribution in [0.1, 0.15) is 112 Å². The van der Waals surface area contributed by atoms with Crippen molar-refractivity contribution in [2.45, 2.75) is 130 Å². The Balaban J connectivity index is 3.84. The molecule has 0 aromatic rings. The highest BCUT2D eigenvalue weighted by Crippen LogP contribution is 2.22. The number of unbranched alkanes of at least 4 members (excludes halogenated alkanes) is 1. The number of aliphatic carboxylic acids is 1. The van der Waals surface area contributed by atoms with Gasteiger partial charge >= 0.3 is 5.97 Å². The van der Waals surface area contributed by atoms with Gasteiger partial charge in [-0.15, -0.1) is 0 Å². The molecule has 0 rings (SSSR count). The SMILES string of the molecule is CC(=CCCCC(O)[C@H](O)[C@H](O)C(=O)O)CCCC(C)CCCC(C)CCCC(C)C. The number of carboxylic acid groups (broad SMARTS) is 1. The fraction of sp³-hybridized carbons (Fsp3) is 0.885. The molecule has 0 aromatic carbocycles. The van der Waals surface area contributed by atoms with Crippen molar-refractivity contribution < 1.29 is 25.2 Å². The van der Waals surface area contributed by atoms with Crippen LogP contribution in [0.2, 0.25) is 0 Å². The minimum absolute atomic E-state index is 0.266. The van der Waals surface area contributed by atoms with Crippen LogP contribution >= 0.6 is 0 Å². The molecule has 0 fully saturated rings. The summed E-state index contributed by atoms with van der Waals surface area (Å²) in [6.07, 6.45) is 10.7. The van der Waals surface area contributed by atoms with Gasteiger partial charge in [0.05, 0.1) is 6.10 Å². The van der Waals surface area contributed by atoms with Gasteiger partial charge in [-0.25, -0.2) is 4.79 Å². The summed E-state index contributed by atoms with van der Waals surface area (Å²) in [4.78, 5) is 10.6. The van der Waals surface area contributed by atoms with Gasteiger partial charge in [0.1, 0.15) is 6.10 Å². The van der Waals surface area contributed by atoms with E-state index in [0.29, 0.717) is 6.42 Å². The third kappa shape index (κ3) is 16.4. The second-order valence-electron chi connectivity index (χ2n) is 10.2. The van der Waals surface area contributed by atoms with E-state index in [2.05, 4.69) is 40.7 Å². The van der Waals surface area contributed by atoms with Crippen molar-refractivity contribution in [3.8, 4) is 0 Å². The second kappa shape index (κ2) is 17.6. The quantitative estimate of drug-likeness (QED) is 0.152. The first kappa shape index (κ1) is 30.1. The summed E-state index contributed by atoms with van der Waals surface area (Å²) in [5, 5.41) is 37.3. The van der Waals surface area contributed by atoms with Crippen molar-refractivity contribution in [3.63, 3.8) is 0 Å². The molecule has 4 N–H and O–H groups in total. The average molecular weight is 443 g/mol. The highest BCUT2D eigenvalue weighted by molar-refractivity contribution is 5.72. The van der Waals surface area contributed by atoms with Gasteiger partial charge in [-0.1, -0.05) is 84.3 Å². The Labute approximate surface area is 191 Å². The van der Waals surface area contributed by atoms with Crippen molar-refractivity contribution in [1.82, 2.24) is 0 Å². The molecule has 184 valence electrons. The molecule has 0 saturated heterocycles. The molecule has 0 bridgehead atoms. The third-order valence-electron chi connectivity index (χ3n) is 6.31. The normalized spacial score (nSPS) is 17.4. The summed E-state index contributed by atoms with van der Waals surface area (Å²) in [6.45, 7) is 11.5. The van der Waals surface area contributed by atoms with E-state index in [1.807, 2.05) is 0 Å². The number of aliphatic hydroxyl groups is 3. The highest BCUT2D eigenvalue weighted by atomic mass is 16.4. The number of carboxylic acids is 1. The van der Waals surface area contributed by atoms with Crippen LogP contribution in [-0.4, -0.2) is 44.7 Å². The zero-order chi connectivity index (χ0) is 23.8. The molecule has 5 heteroatoms. The first-order valence-corrected chi connectivity index (χ1v) is 12.5. The van der Waals surface area contributed by atoms with Crippen LogP contribution < -0.4 is 0 Å². The van der Waals surface area contributed by atoms with E-state index in [4.69, 9.17) is 5.11 Å². The molecule has 0 radical (unpaired) electrons. The molecule has 0 aliphatic rings. The summed E-state index contributed by atoms with van der Waals surface area (Å²) in [6, 6.07) is 0. The fourth-order valence-corrected chi connectivity index (χ4v) is 4.01. The summed E-state index contributed by atoms with van der Waals surface area (Å²) in [5.74, 6) is 0.922. The van der Waals surface area contributed by atoms with Gasteiger partial charge in [0.15, 0.2) is 6.10 Å². The molecule has 0 amide bonds. The number of rotatable bonds is 19. The Kier molecular flexibility index (Phi) is 17.1. The Bertz CT molecular complexity index is 488. The first-order valence-electron chi connectivity index (χ1n) is 12.5. The molecular formula is C26H50O5. The smallest absolute Gasteiger partial charge is 0.335 e. The number of hydrogen-bond donors (Lipinski definition) is 4. The molecular weight excluding hydrogens is 392 g/mol. The van der Waals surface area contributed by atoms with Crippen LogP contribution in [0.3, 0.4) is 0 Å². The van der Waals surface area contributed by atoms with Crippen LogP contribution in [0, 0.1) is 17.8 Å². The van der Waals surface area contributed by atoms with E-state index in [1.54, 1.807) is 0 Å². The summed E-state index contributed by atoms with van der Waals surface area (Å²) in [7, 11) is 0. The zero-order valence-electron chi connectivity index (χ0n) is 20.7. The van der Waals surface area contributed by atoms with E-state index in [0.717, 1.165) is 30.6 Å². The number of carbonyl (C=O) groups is 1. The van der Waals surface area contributed by atoms with Gasteiger partial charge in [-0.3, -0.25) is 0 Å². The van der Waals surface area contributed by atoms with Gasteiger partial charge in [0.2, 0.25) is 0 Å². The second-order valence-corrected chi connectivity index (χ2v) is 10.2. The molecule has 0 heterocycles. The maximum atomic E-state index is 10.6. The third-order valence-corrected chi connectivity index (χ3v) is 6.31. The monoisotopic (exact) mass is 442 g/mol. The van der Waals surface area contributed by atoms with Crippen molar-refractivity contribution in [1.29, 1.82) is 0 Å². The Morgan fingerprint density at radius 3 is 1.81 bits per heavy atom. The van der Waals surface area contributed by atoms with Gasteiger partial charge in [0, 0.05) is 0 Å². The fourth-order valence-electron chi connectivity index (χ4n) is 4.01. The lowest BCUT2D eigenvalue weighted by Crippen LogP contribution is -2.42. The molecule has 3 unspecified atom stereocenters. The van der Waals surface area contributed by atoms with Crippen molar-refractivity contribution in [2.75, 3.05) is 0 Å². The van der Waals surface area contributed by atoms with Gasteiger partial charge < -0.3 is 20.4 Å². The predicted molar refractivity (Wildman–Crippen MR) is 128 cm³/mol. The lowest BCUT2D eigenvalue weighted by molar-refractivity contribution is -0.158. The lowest BCUT2D eigenvalue weighted by atomic mass is 9.91. The molecule has 0 aliphatic carbocycles. The molecule has 0 aromatic heterocycles. The number of aliphatic hydroxyl groups excluding tert-OH is 3. The minimum Gasteiger partial charge on any atom is -0.479 e. The maximum absolute atomic E-state index is 10.6. The molecule has 0 aliphatic heterocycles. The van der Waals surface area contributed by atoms with Crippen molar-refractivity contribution in [2.24, 2.45) is 17.8 Å². The van der Waals surface area contributed by atoms with Crippen LogP contribution in [0.15, 0.2) is 11.6 Å². The molecule has 0 saturated carbocycles. The Morgan fingerprint density at radius 2 is 1.29 bits per heavy atom. The molecule has 31 heavy (non-hydrogen) atoms. The van der Waals surface area contributed by atoms with E-state index >= 15 is 0 Å². The molecule has 5 atom stereocenters. The number of allylic oxidation sites excluding steroid dienone is 2. The van der Waals surface area contributed by atoms with Crippen LogP contribution in [0.25, 0.3) is 0 Å². The molecule has 0 spiro atoms. The Hall–Kier alpha value is -0.910. The van der Waals surface area contributed by atoms with Crippen LogP contribution in [0.4, 0.5) is 0 Å². The zero-order valence-corrected chi connectivity index (χ0v) is 20.7. The number of hydrogen-bond acceptors (Lipinski definition) is 4. The van der Waals surface area contributed by atoms with Gasteiger partial charge in [-0.2, -0.15) is 0 Å². The lowest BCUT2D eigenvalue weighted by Gasteiger charge is -2.19. The molecule has 5 nitrogen and oxygen atoms in total. The van der Waals surface area contributed by atoms with E-state index in [1.165, 1.54) is 56.9 Å². The van der Waals surface area contributed by atoms with Crippen molar-refractivity contribution >= 4 is 5.97 Å². The standard InChI is InChI=1S/C26H50O5/c1-19(2)11-8-13-21(4)15-10-17-22(5)16-9-14-20(3)12-6-7-18-23(27)24(28)25(29)26(30)31/h12,19,21-25,27-29H,6-11,13-18H2,1-5H3,(H,30,31)/t21?,22?,23?,24-,25-/m0/s1. The highest BCUT2D eigenvalue weighted by Gasteiger charge is 2.29. The first-order chi connectivity index (χ1) is 14.5. The van der Waals surface area contributed by atoms with E-state index in [-0.39, 0.29) is 6.42 Å². The van der Waals surface area contributed by atoms with E-state index in [9.17, 15) is 20.1 Å². The summed E-state index contributed by atoms with van der Waals surface area (Å²) < 4.78 is 0. The summed E-state index contributed by atoms with van der Waals surface area (Å²) >= 11 is 0. The maximum Gasteiger partial charge on any atom is 0.335 e.